The van der Waals surface area contributed by atoms with Crippen LogP contribution >= 0.6 is 0 Å². The number of hydrogen-bond donors (Lipinski definition) is 1. The first-order valence-electron chi connectivity index (χ1n) is 8.69. The van der Waals surface area contributed by atoms with Crippen LogP contribution in [-0.4, -0.2) is 40.1 Å². The first kappa shape index (κ1) is 17.4. The van der Waals surface area contributed by atoms with Crippen molar-refractivity contribution in [2.75, 3.05) is 13.1 Å². The Morgan fingerprint density at radius 3 is 2.76 bits per heavy atom. The lowest BCUT2D eigenvalue weighted by Crippen LogP contribution is -2.46. The Kier molecular flexibility index (Phi) is 5.66. The van der Waals surface area contributed by atoms with Gasteiger partial charge in [-0.2, -0.15) is 0 Å². The molecule has 1 aromatic heterocycles. The number of amides is 1. The molecule has 0 aliphatic carbocycles. The van der Waals surface area contributed by atoms with Gasteiger partial charge in [0.25, 0.3) is 0 Å². The maximum Gasteiger partial charge on any atom is 0.227 e. The molecule has 1 amide bonds. The van der Waals surface area contributed by atoms with Crippen molar-refractivity contribution in [2.24, 2.45) is 5.92 Å². The molecule has 1 aliphatic heterocycles. The highest BCUT2D eigenvalue weighted by molar-refractivity contribution is 5.79. The van der Waals surface area contributed by atoms with E-state index >= 15 is 0 Å². The molecule has 0 bridgehead atoms. The number of nitrogens with zero attached hydrogens (tertiary/aromatic N) is 2. The van der Waals surface area contributed by atoms with Crippen molar-refractivity contribution in [3.05, 3.63) is 59.9 Å². The Hall–Kier alpha value is -2.40. The minimum Gasteiger partial charge on any atom is -0.487 e. The first-order chi connectivity index (χ1) is 12.1. The van der Waals surface area contributed by atoms with Crippen LogP contribution in [0.25, 0.3) is 0 Å². The molecule has 3 rings (SSSR count). The van der Waals surface area contributed by atoms with Gasteiger partial charge in [-0.15, -0.1) is 0 Å². The average Bonchev–Trinajstić information content (AvgIpc) is 2.64. The Balaban J connectivity index is 1.51. The number of aromatic nitrogens is 1. The fourth-order valence-corrected chi connectivity index (χ4v) is 2.91. The second-order valence-electron chi connectivity index (χ2n) is 6.60. The second kappa shape index (κ2) is 8.12. The molecule has 0 saturated carbocycles. The van der Waals surface area contributed by atoms with Crippen LogP contribution in [0.2, 0.25) is 0 Å². The third-order valence-corrected chi connectivity index (χ3v) is 4.66. The van der Waals surface area contributed by atoms with Crippen LogP contribution in [0, 0.1) is 5.92 Å². The molecular weight excluding hydrogens is 316 g/mol. The summed E-state index contributed by atoms with van der Waals surface area (Å²) in [6, 6.07) is 13.3. The number of likely N-dealkylation sites (tertiary alicyclic amines) is 1. The van der Waals surface area contributed by atoms with Crippen molar-refractivity contribution in [3.8, 4) is 5.75 Å². The van der Waals surface area contributed by atoms with E-state index in [9.17, 15) is 9.90 Å². The number of β-amino-alcohol motifs (C(OH)–C–C–N with tert-alkyl or cyclic N) is 1. The van der Waals surface area contributed by atoms with E-state index in [1.807, 2.05) is 49.4 Å². The van der Waals surface area contributed by atoms with E-state index in [1.165, 1.54) is 0 Å². The fourth-order valence-electron chi connectivity index (χ4n) is 2.91. The van der Waals surface area contributed by atoms with Gasteiger partial charge < -0.3 is 14.7 Å². The molecule has 1 aliphatic rings. The number of carbonyl (C=O) groups excluding carboxylic acids is 1. The maximum atomic E-state index is 12.4. The zero-order chi connectivity index (χ0) is 17.6. The molecule has 5 nitrogen and oxygen atoms in total. The summed E-state index contributed by atoms with van der Waals surface area (Å²) < 4.78 is 5.70. The Morgan fingerprint density at radius 1 is 1.28 bits per heavy atom. The molecule has 2 heterocycles. The van der Waals surface area contributed by atoms with E-state index in [0.717, 1.165) is 30.0 Å². The van der Waals surface area contributed by atoms with Crippen molar-refractivity contribution < 1.29 is 14.6 Å². The molecule has 1 aromatic carbocycles. The van der Waals surface area contributed by atoms with E-state index in [4.69, 9.17) is 4.74 Å². The number of piperidine rings is 1. The van der Waals surface area contributed by atoms with E-state index in [0.29, 0.717) is 19.6 Å². The number of ether oxygens (including phenoxy) is 1. The topological polar surface area (TPSA) is 62.7 Å². The molecule has 1 saturated heterocycles. The quantitative estimate of drug-likeness (QED) is 0.908. The van der Waals surface area contributed by atoms with Gasteiger partial charge in [0, 0.05) is 19.3 Å². The number of pyridine rings is 1. The highest BCUT2D eigenvalue weighted by Gasteiger charge is 2.27. The van der Waals surface area contributed by atoms with E-state index in [-0.39, 0.29) is 11.8 Å². The van der Waals surface area contributed by atoms with Crippen LogP contribution < -0.4 is 4.74 Å². The second-order valence-corrected chi connectivity index (χ2v) is 6.60. The minimum atomic E-state index is -0.417. The van der Waals surface area contributed by atoms with Crippen molar-refractivity contribution in [3.63, 3.8) is 0 Å². The molecule has 2 unspecified atom stereocenters. The van der Waals surface area contributed by atoms with Gasteiger partial charge in [0.2, 0.25) is 5.91 Å². The summed E-state index contributed by atoms with van der Waals surface area (Å²) in [5.74, 6) is 1.08. The third-order valence-electron chi connectivity index (χ3n) is 4.66. The molecule has 25 heavy (non-hydrogen) atoms. The molecule has 5 heteroatoms. The standard InChI is InChI=1S/C20H24N2O3/c1-15-9-11-22(13-19(15)23)20(24)12-16-5-7-18(8-6-16)25-14-17-4-2-3-10-21-17/h2-8,10,15,19,23H,9,11-14H2,1H3. The van der Waals surface area contributed by atoms with Crippen LogP contribution in [0.4, 0.5) is 0 Å². The summed E-state index contributed by atoms with van der Waals surface area (Å²) >= 11 is 0. The SMILES string of the molecule is CC1CCN(C(=O)Cc2ccc(OCc3ccccn3)cc2)CC1O. The molecule has 132 valence electrons. The highest BCUT2D eigenvalue weighted by Crippen LogP contribution is 2.19. The minimum absolute atomic E-state index is 0.0631. The third kappa shape index (κ3) is 4.79. The van der Waals surface area contributed by atoms with Gasteiger partial charge in [-0.3, -0.25) is 9.78 Å². The zero-order valence-electron chi connectivity index (χ0n) is 14.5. The lowest BCUT2D eigenvalue weighted by Gasteiger charge is -2.34. The van der Waals surface area contributed by atoms with Gasteiger partial charge in [-0.05, 0) is 42.2 Å². The maximum absolute atomic E-state index is 12.4. The highest BCUT2D eigenvalue weighted by atomic mass is 16.5. The molecule has 0 radical (unpaired) electrons. The molecular formula is C20H24N2O3. The normalized spacial score (nSPS) is 20.3. The smallest absolute Gasteiger partial charge is 0.227 e. The predicted molar refractivity (Wildman–Crippen MR) is 95.1 cm³/mol. The number of aliphatic hydroxyl groups excluding tert-OH is 1. The largest absolute Gasteiger partial charge is 0.487 e. The van der Waals surface area contributed by atoms with Gasteiger partial charge in [0.15, 0.2) is 0 Å². The first-order valence-corrected chi connectivity index (χ1v) is 8.69. The number of aliphatic hydroxyl groups is 1. The summed E-state index contributed by atoms with van der Waals surface area (Å²) in [7, 11) is 0. The lowest BCUT2D eigenvalue weighted by molar-refractivity contribution is -0.134. The summed E-state index contributed by atoms with van der Waals surface area (Å²) in [5, 5.41) is 9.94. The number of rotatable bonds is 5. The van der Waals surface area contributed by atoms with Crippen molar-refractivity contribution in [2.45, 2.75) is 32.5 Å². The van der Waals surface area contributed by atoms with Crippen LogP contribution in [0.3, 0.4) is 0 Å². The monoisotopic (exact) mass is 340 g/mol. The Morgan fingerprint density at radius 2 is 2.08 bits per heavy atom. The number of benzene rings is 1. The average molecular weight is 340 g/mol. The molecule has 2 atom stereocenters. The number of hydrogen-bond acceptors (Lipinski definition) is 4. The Labute approximate surface area is 148 Å². The van der Waals surface area contributed by atoms with Gasteiger partial charge in [-0.1, -0.05) is 25.1 Å². The molecule has 2 aromatic rings. The van der Waals surface area contributed by atoms with Gasteiger partial charge >= 0.3 is 0 Å². The van der Waals surface area contributed by atoms with Crippen LogP contribution in [-0.2, 0) is 17.8 Å². The summed E-state index contributed by atoms with van der Waals surface area (Å²) in [5.41, 5.74) is 1.82. The summed E-state index contributed by atoms with van der Waals surface area (Å²) in [6.45, 7) is 3.60. The fraction of sp³-hybridized carbons (Fsp3) is 0.400. The number of carbonyl (C=O) groups is 1. The molecule has 1 fully saturated rings. The van der Waals surface area contributed by atoms with E-state index < -0.39 is 6.10 Å². The van der Waals surface area contributed by atoms with Crippen molar-refractivity contribution in [1.82, 2.24) is 9.88 Å². The van der Waals surface area contributed by atoms with Gasteiger partial charge in [0.1, 0.15) is 12.4 Å². The van der Waals surface area contributed by atoms with E-state index in [1.54, 1.807) is 11.1 Å². The van der Waals surface area contributed by atoms with Crippen molar-refractivity contribution in [1.29, 1.82) is 0 Å². The zero-order valence-corrected chi connectivity index (χ0v) is 14.5. The lowest BCUT2D eigenvalue weighted by atomic mass is 9.95. The van der Waals surface area contributed by atoms with Crippen LogP contribution in [0.5, 0.6) is 5.75 Å². The predicted octanol–water partition coefficient (Wildman–Crippen LogP) is 2.43. The van der Waals surface area contributed by atoms with Gasteiger partial charge in [-0.25, -0.2) is 0 Å². The van der Waals surface area contributed by atoms with Crippen LogP contribution in [0.15, 0.2) is 48.7 Å². The van der Waals surface area contributed by atoms with Crippen LogP contribution in [0.1, 0.15) is 24.6 Å². The van der Waals surface area contributed by atoms with Gasteiger partial charge in [0.05, 0.1) is 18.2 Å². The Bertz CT molecular complexity index is 688. The summed E-state index contributed by atoms with van der Waals surface area (Å²) in [4.78, 5) is 18.4. The summed E-state index contributed by atoms with van der Waals surface area (Å²) in [6.07, 6.45) is 2.53. The van der Waals surface area contributed by atoms with E-state index in [2.05, 4.69) is 4.98 Å². The van der Waals surface area contributed by atoms with Crippen molar-refractivity contribution >= 4 is 5.91 Å². The molecule has 1 N–H and O–H groups in total. The molecule has 0 spiro atoms.